The number of carbonyl (C=O) groups excluding carboxylic acids is 1. The van der Waals surface area contributed by atoms with E-state index in [-0.39, 0.29) is 29.9 Å². The molecule has 2 aromatic carbocycles. The molecule has 0 aliphatic rings. The maximum absolute atomic E-state index is 12.1. The second-order valence-electron chi connectivity index (χ2n) is 5.89. The Kier molecular flexibility index (Phi) is 10.8. The number of nitrogens with zero attached hydrogens (tertiary/aromatic N) is 1. The van der Waals surface area contributed by atoms with Crippen molar-refractivity contribution in [3.63, 3.8) is 0 Å². The lowest BCUT2D eigenvalue weighted by Gasteiger charge is -2.12. The van der Waals surface area contributed by atoms with Gasteiger partial charge in [0.25, 0.3) is 0 Å². The Morgan fingerprint density at radius 1 is 1.11 bits per heavy atom. The predicted molar refractivity (Wildman–Crippen MR) is 124 cm³/mol. The summed E-state index contributed by atoms with van der Waals surface area (Å²) in [7, 11) is 0. The minimum absolute atomic E-state index is 0. The minimum atomic E-state index is -0.0952. The van der Waals surface area contributed by atoms with Gasteiger partial charge in [0.2, 0.25) is 5.91 Å². The second kappa shape index (κ2) is 12.6. The summed E-state index contributed by atoms with van der Waals surface area (Å²) in [4.78, 5) is 16.6. The van der Waals surface area contributed by atoms with Crippen LogP contribution < -0.4 is 16.0 Å². The molecule has 7 heteroatoms. The highest BCUT2D eigenvalue weighted by atomic mass is 127. The molecule has 0 heterocycles. The van der Waals surface area contributed by atoms with E-state index in [2.05, 4.69) is 20.9 Å². The summed E-state index contributed by atoms with van der Waals surface area (Å²) in [5, 5.41) is 9.73. The molecule has 0 atom stereocenters. The Bertz CT molecular complexity index is 753. The largest absolute Gasteiger partial charge is 0.357 e. The summed E-state index contributed by atoms with van der Waals surface area (Å²) < 4.78 is 0. The number of benzene rings is 2. The molecule has 3 N–H and O–H groups in total. The molecule has 0 fully saturated rings. The molecular weight excluding hydrogens is 475 g/mol. The molecule has 0 aliphatic carbocycles. The maximum atomic E-state index is 12.1. The highest BCUT2D eigenvalue weighted by Gasteiger charge is 2.06. The molecule has 1 amide bonds. The van der Waals surface area contributed by atoms with Crippen LogP contribution in [0.1, 0.15) is 24.5 Å². The summed E-state index contributed by atoms with van der Waals surface area (Å²) in [6.07, 6.45) is 0.319. The van der Waals surface area contributed by atoms with Crippen LogP contribution >= 0.6 is 35.6 Å². The Hall–Kier alpha value is -1.80. The molecule has 0 saturated carbocycles. The van der Waals surface area contributed by atoms with Gasteiger partial charge in [-0.15, -0.1) is 24.0 Å². The van der Waals surface area contributed by atoms with Crippen molar-refractivity contribution in [3.8, 4) is 0 Å². The number of carbonyl (C=O) groups is 1. The van der Waals surface area contributed by atoms with Crippen molar-refractivity contribution >= 4 is 53.1 Å². The molecule has 2 rings (SSSR count). The zero-order valence-electron chi connectivity index (χ0n) is 15.6. The van der Waals surface area contributed by atoms with Crippen LogP contribution in [0.2, 0.25) is 5.02 Å². The van der Waals surface area contributed by atoms with Crippen LogP contribution in [-0.4, -0.2) is 25.0 Å². The molecule has 2 aromatic rings. The Labute approximate surface area is 183 Å². The molecule has 0 spiro atoms. The summed E-state index contributed by atoms with van der Waals surface area (Å²) in [5.41, 5.74) is 2.82. The Morgan fingerprint density at radius 2 is 1.85 bits per heavy atom. The summed E-state index contributed by atoms with van der Waals surface area (Å²) in [5.74, 6) is 0.597. The van der Waals surface area contributed by atoms with Gasteiger partial charge in [-0.2, -0.15) is 0 Å². The number of nitrogens with one attached hydrogen (secondary N) is 3. The van der Waals surface area contributed by atoms with E-state index in [4.69, 9.17) is 11.6 Å². The summed E-state index contributed by atoms with van der Waals surface area (Å²) in [6.45, 7) is 5.79. The van der Waals surface area contributed by atoms with Gasteiger partial charge in [0.15, 0.2) is 5.96 Å². The van der Waals surface area contributed by atoms with E-state index in [9.17, 15) is 4.79 Å². The first-order valence-electron chi connectivity index (χ1n) is 8.70. The SMILES string of the molecule is CCNC(=NCc1ccccc1)NCCC(=O)Nc1ccc(C)cc1Cl.I. The third-order valence-electron chi connectivity index (χ3n) is 3.65. The van der Waals surface area contributed by atoms with Gasteiger partial charge in [-0.3, -0.25) is 4.79 Å². The number of hydrogen-bond acceptors (Lipinski definition) is 2. The monoisotopic (exact) mass is 500 g/mol. The van der Waals surface area contributed by atoms with Crippen LogP contribution in [0, 0.1) is 6.92 Å². The lowest BCUT2D eigenvalue weighted by atomic mass is 10.2. The third-order valence-corrected chi connectivity index (χ3v) is 3.96. The number of guanidine groups is 1. The highest BCUT2D eigenvalue weighted by molar-refractivity contribution is 14.0. The minimum Gasteiger partial charge on any atom is -0.357 e. The van der Waals surface area contributed by atoms with Crippen molar-refractivity contribution in [1.82, 2.24) is 10.6 Å². The molecule has 0 aliphatic heterocycles. The van der Waals surface area contributed by atoms with Crippen LogP contribution in [0.4, 0.5) is 5.69 Å². The zero-order valence-corrected chi connectivity index (χ0v) is 18.7. The van der Waals surface area contributed by atoms with Crippen LogP contribution in [0.25, 0.3) is 0 Å². The summed E-state index contributed by atoms with van der Waals surface area (Å²) >= 11 is 6.14. The summed E-state index contributed by atoms with van der Waals surface area (Å²) in [6, 6.07) is 15.6. The van der Waals surface area contributed by atoms with E-state index in [0.29, 0.717) is 36.2 Å². The van der Waals surface area contributed by atoms with E-state index in [0.717, 1.165) is 17.7 Å². The van der Waals surface area contributed by atoms with Gasteiger partial charge in [0.05, 0.1) is 17.3 Å². The molecule has 0 aromatic heterocycles. The van der Waals surface area contributed by atoms with Gasteiger partial charge < -0.3 is 16.0 Å². The standard InChI is InChI=1S/C20H25ClN4O.HI/c1-3-22-20(24-14-16-7-5-4-6-8-16)23-12-11-19(26)25-18-10-9-15(2)13-17(18)21;/h4-10,13H,3,11-12,14H2,1-2H3,(H,25,26)(H2,22,23,24);1H. The number of anilines is 1. The van der Waals surface area contributed by atoms with Crippen molar-refractivity contribution in [2.75, 3.05) is 18.4 Å². The first-order valence-corrected chi connectivity index (χ1v) is 9.08. The van der Waals surface area contributed by atoms with Crippen molar-refractivity contribution in [1.29, 1.82) is 0 Å². The van der Waals surface area contributed by atoms with Gasteiger partial charge in [0, 0.05) is 19.5 Å². The van der Waals surface area contributed by atoms with Gasteiger partial charge in [-0.25, -0.2) is 4.99 Å². The van der Waals surface area contributed by atoms with Crippen molar-refractivity contribution in [2.45, 2.75) is 26.8 Å². The van der Waals surface area contributed by atoms with Gasteiger partial charge in [-0.05, 0) is 37.1 Å². The third kappa shape index (κ3) is 8.62. The predicted octanol–water partition coefficient (Wildman–Crippen LogP) is 4.35. The first-order chi connectivity index (χ1) is 12.6. The van der Waals surface area contributed by atoms with E-state index in [1.165, 1.54) is 0 Å². The molecule has 146 valence electrons. The molecule has 5 nitrogen and oxygen atoms in total. The average molecular weight is 501 g/mol. The molecular formula is C20H26ClIN4O. The normalized spacial score (nSPS) is 10.7. The van der Waals surface area contributed by atoms with Gasteiger partial charge in [-0.1, -0.05) is 48.0 Å². The smallest absolute Gasteiger partial charge is 0.226 e. The van der Waals surface area contributed by atoms with E-state index in [1.54, 1.807) is 0 Å². The van der Waals surface area contributed by atoms with Gasteiger partial charge >= 0.3 is 0 Å². The lowest BCUT2D eigenvalue weighted by molar-refractivity contribution is -0.116. The second-order valence-corrected chi connectivity index (χ2v) is 6.30. The number of aliphatic imine (C=N–C) groups is 1. The number of aryl methyl sites for hydroxylation is 1. The average Bonchev–Trinajstić information content (AvgIpc) is 2.63. The zero-order chi connectivity index (χ0) is 18.8. The van der Waals surface area contributed by atoms with Gasteiger partial charge in [0.1, 0.15) is 0 Å². The number of amides is 1. The Balaban J connectivity index is 0.00000364. The highest BCUT2D eigenvalue weighted by Crippen LogP contribution is 2.22. The lowest BCUT2D eigenvalue weighted by Crippen LogP contribution is -2.38. The van der Waals surface area contributed by atoms with Crippen LogP contribution in [0.15, 0.2) is 53.5 Å². The number of halogens is 2. The number of rotatable bonds is 7. The van der Waals surface area contributed by atoms with E-state index in [1.807, 2.05) is 62.4 Å². The molecule has 0 unspecified atom stereocenters. The fourth-order valence-corrected chi connectivity index (χ4v) is 2.61. The molecule has 27 heavy (non-hydrogen) atoms. The number of hydrogen-bond donors (Lipinski definition) is 3. The van der Waals surface area contributed by atoms with Crippen molar-refractivity contribution in [2.24, 2.45) is 4.99 Å². The van der Waals surface area contributed by atoms with E-state index >= 15 is 0 Å². The molecule has 0 bridgehead atoms. The Morgan fingerprint density at radius 3 is 2.52 bits per heavy atom. The first kappa shape index (κ1) is 23.2. The van der Waals surface area contributed by atoms with E-state index < -0.39 is 0 Å². The fourth-order valence-electron chi connectivity index (χ4n) is 2.32. The topological polar surface area (TPSA) is 65.5 Å². The van der Waals surface area contributed by atoms with Crippen LogP contribution in [0.5, 0.6) is 0 Å². The molecule has 0 radical (unpaired) electrons. The van der Waals surface area contributed by atoms with Crippen LogP contribution in [0.3, 0.4) is 0 Å². The molecule has 0 saturated heterocycles. The van der Waals surface area contributed by atoms with Crippen molar-refractivity contribution in [3.05, 3.63) is 64.7 Å². The van der Waals surface area contributed by atoms with Crippen LogP contribution in [-0.2, 0) is 11.3 Å². The van der Waals surface area contributed by atoms with Crippen molar-refractivity contribution < 1.29 is 4.79 Å². The quantitative estimate of drug-likeness (QED) is 0.301. The maximum Gasteiger partial charge on any atom is 0.226 e. The fraction of sp³-hybridized carbons (Fsp3) is 0.300.